The maximum absolute atomic E-state index is 12.7. The molecule has 0 fully saturated rings. The topological polar surface area (TPSA) is 49.4 Å². The summed E-state index contributed by atoms with van der Waals surface area (Å²) in [4.78, 5) is 2.85. The Hall–Kier alpha value is -1.40. The van der Waals surface area contributed by atoms with Gasteiger partial charge in [0.1, 0.15) is 0 Å². The van der Waals surface area contributed by atoms with Crippen LogP contribution in [0, 0.1) is 13.8 Å². The third kappa shape index (κ3) is 3.73. The zero-order valence-corrected chi connectivity index (χ0v) is 18.0. The lowest BCUT2D eigenvalue weighted by atomic mass is 9.93. The second kappa shape index (κ2) is 7.79. The average molecular weight is 419 g/mol. The van der Waals surface area contributed by atoms with Crippen molar-refractivity contribution in [2.75, 3.05) is 19.6 Å². The second-order valence-corrected chi connectivity index (χ2v) is 10.1. The Kier molecular flexibility index (Phi) is 5.53. The molecule has 0 saturated heterocycles. The van der Waals surface area contributed by atoms with Gasteiger partial charge in [-0.1, -0.05) is 29.8 Å². The van der Waals surface area contributed by atoms with E-state index in [4.69, 9.17) is 11.6 Å². The maximum atomic E-state index is 12.7. The molecule has 4 nitrogen and oxygen atoms in total. The van der Waals surface area contributed by atoms with Crippen LogP contribution in [0.2, 0.25) is 5.02 Å². The van der Waals surface area contributed by atoms with E-state index in [-0.39, 0.29) is 0 Å². The van der Waals surface area contributed by atoms with Crippen molar-refractivity contribution < 1.29 is 8.42 Å². The summed E-state index contributed by atoms with van der Waals surface area (Å²) in [7, 11) is -3.52. The van der Waals surface area contributed by atoms with Crippen molar-refractivity contribution in [3.63, 3.8) is 0 Å². The molecule has 1 heterocycles. The Balaban J connectivity index is 1.36. The molecule has 150 valence electrons. The minimum absolute atomic E-state index is 0.321. The van der Waals surface area contributed by atoms with E-state index in [1.807, 2.05) is 6.92 Å². The number of sulfonamides is 1. The van der Waals surface area contributed by atoms with Crippen LogP contribution >= 0.6 is 11.6 Å². The molecule has 4 rings (SSSR count). The van der Waals surface area contributed by atoms with Crippen molar-refractivity contribution >= 4 is 21.6 Å². The van der Waals surface area contributed by atoms with Gasteiger partial charge >= 0.3 is 0 Å². The first-order valence-electron chi connectivity index (χ1n) is 9.98. The first-order chi connectivity index (χ1) is 13.4. The Morgan fingerprint density at radius 1 is 1.14 bits per heavy atom. The second-order valence-electron chi connectivity index (χ2n) is 7.95. The summed E-state index contributed by atoms with van der Waals surface area (Å²) in [5.41, 5.74) is 6.00. The molecule has 1 atom stereocenters. The van der Waals surface area contributed by atoms with Crippen LogP contribution in [0.1, 0.15) is 46.7 Å². The highest BCUT2D eigenvalue weighted by molar-refractivity contribution is 7.89. The predicted octanol–water partition coefficient (Wildman–Crippen LogP) is 4.17. The van der Waals surface area contributed by atoms with Gasteiger partial charge in [-0.25, -0.2) is 13.1 Å². The van der Waals surface area contributed by atoms with Gasteiger partial charge in [-0.15, -0.1) is 0 Å². The van der Waals surface area contributed by atoms with Gasteiger partial charge in [0, 0.05) is 30.7 Å². The normalized spacial score (nSPS) is 19.0. The lowest BCUT2D eigenvalue weighted by Gasteiger charge is -2.35. The number of hydrogen-bond donors (Lipinski definition) is 1. The van der Waals surface area contributed by atoms with Crippen molar-refractivity contribution in [1.82, 2.24) is 9.62 Å². The van der Waals surface area contributed by atoms with Gasteiger partial charge in [0.15, 0.2) is 0 Å². The molecule has 6 heteroatoms. The molecule has 1 N–H and O–H groups in total. The fourth-order valence-electron chi connectivity index (χ4n) is 4.63. The first kappa shape index (κ1) is 19.9. The van der Waals surface area contributed by atoms with Gasteiger partial charge in [-0.3, -0.25) is 4.90 Å². The van der Waals surface area contributed by atoms with E-state index in [0.29, 0.717) is 28.1 Å². The lowest BCUT2D eigenvalue weighted by molar-refractivity contribution is 0.184. The largest absolute Gasteiger partial charge is 0.296 e. The maximum Gasteiger partial charge on any atom is 0.240 e. The van der Waals surface area contributed by atoms with Gasteiger partial charge in [0.05, 0.1) is 4.90 Å². The molecular weight excluding hydrogens is 392 g/mol. The molecule has 0 bridgehead atoms. The van der Waals surface area contributed by atoms with Crippen molar-refractivity contribution in [3.05, 3.63) is 63.2 Å². The number of aryl methyl sites for hydroxylation is 3. The van der Waals surface area contributed by atoms with Crippen molar-refractivity contribution in [2.24, 2.45) is 0 Å². The van der Waals surface area contributed by atoms with Crippen LogP contribution < -0.4 is 4.72 Å². The highest BCUT2D eigenvalue weighted by atomic mass is 35.5. The van der Waals surface area contributed by atoms with Gasteiger partial charge in [0.2, 0.25) is 10.0 Å². The quantitative estimate of drug-likeness (QED) is 0.716. The Morgan fingerprint density at radius 2 is 1.89 bits per heavy atom. The van der Waals surface area contributed by atoms with E-state index < -0.39 is 10.0 Å². The fraction of sp³-hybridized carbons (Fsp3) is 0.455. The Labute approximate surface area is 172 Å². The van der Waals surface area contributed by atoms with E-state index in [9.17, 15) is 8.42 Å². The molecule has 2 aliphatic rings. The molecule has 0 amide bonds. The molecule has 0 saturated carbocycles. The third-order valence-corrected chi connectivity index (χ3v) is 8.09. The summed E-state index contributed by atoms with van der Waals surface area (Å²) in [6.07, 6.45) is 4.24. The van der Waals surface area contributed by atoms with Crippen molar-refractivity contribution in [1.29, 1.82) is 0 Å². The summed E-state index contributed by atoms with van der Waals surface area (Å²) in [5, 5.41) is 0.595. The van der Waals surface area contributed by atoms with Crippen LogP contribution in [0.5, 0.6) is 0 Å². The molecule has 0 spiro atoms. The van der Waals surface area contributed by atoms with E-state index >= 15 is 0 Å². The molecule has 1 unspecified atom stereocenters. The van der Waals surface area contributed by atoms with Gasteiger partial charge < -0.3 is 0 Å². The Bertz CT molecular complexity index is 1000. The SMILES string of the molecule is Cc1cc(S(=O)(=O)NCCCN2CCc3cccc4c3C2CC4)c(C)cc1Cl. The Morgan fingerprint density at radius 3 is 2.68 bits per heavy atom. The zero-order valence-electron chi connectivity index (χ0n) is 16.5. The van der Waals surface area contributed by atoms with Crippen LogP contribution in [0.25, 0.3) is 0 Å². The molecule has 1 aliphatic heterocycles. The van der Waals surface area contributed by atoms with Crippen LogP contribution in [0.4, 0.5) is 0 Å². The fourth-order valence-corrected chi connectivity index (χ4v) is 6.23. The van der Waals surface area contributed by atoms with E-state index in [1.54, 1.807) is 24.6 Å². The standard InChI is InChI=1S/C22H27ClN2O2S/c1-15-14-21(16(2)13-19(15)23)28(26,27)24-10-4-11-25-12-9-18-6-3-5-17-7-8-20(25)22(17)18/h3,5-6,13-14,20,24H,4,7-12H2,1-2H3. The van der Waals surface area contributed by atoms with Crippen LogP contribution in [0.15, 0.2) is 35.2 Å². The van der Waals surface area contributed by atoms with Crippen molar-refractivity contribution in [2.45, 2.75) is 50.5 Å². The minimum Gasteiger partial charge on any atom is -0.296 e. The summed E-state index contributed by atoms with van der Waals surface area (Å²) < 4.78 is 28.2. The highest BCUT2D eigenvalue weighted by Crippen LogP contribution is 2.41. The monoisotopic (exact) mass is 418 g/mol. The smallest absolute Gasteiger partial charge is 0.240 e. The summed E-state index contributed by atoms with van der Waals surface area (Å²) in [6, 6.07) is 10.6. The number of nitrogens with zero attached hydrogens (tertiary/aromatic N) is 1. The molecule has 0 radical (unpaired) electrons. The van der Waals surface area contributed by atoms with Crippen LogP contribution in [-0.4, -0.2) is 33.0 Å². The number of hydrogen-bond acceptors (Lipinski definition) is 3. The van der Waals surface area contributed by atoms with E-state index in [0.717, 1.165) is 37.9 Å². The molecular formula is C22H27ClN2O2S. The van der Waals surface area contributed by atoms with E-state index in [2.05, 4.69) is 27.8 Å². The van der Waals surface area contributed by atoms with Crippen LogP contribution in [-0.2, 0) is 22.9 Å². The molecule has 0 aromatic heterocycles. The summed E-state index contributed by atoms with van der Waals surface area (Å²) in [6.45, 7) is 6.03. The number of rotatable bonds is 6. The van der Waals surface area contributed by atoms with Gasteiger partial charge in [0.25, 0.3) is 0 Å². The zero-order chi connectivity index (χ0) is 19.9. The number of nitrogens with one attached hydrogen (secondary N) is 1. The molecule has 1 aliphatic carbocycles. The predicted molar refractivity (Wildman–Crippen MR) is 114 cm³/mol. The summed E-state index contributed by atoms with van der Waals surface area (Å²) in [5.74, 6) is 0. The van der Waals surface area contributed by atoms with Gasteiger partial charge in [-0.2, -0.15) is 0 Å². The molecule has 28 heavy (non-hydrogen) atoms. The highest BCUT2D eigenvalue weighted by Gasteiger charge is 2.32. The lowest BCUT2D eigenvalue weighted by Crippen LogP contribution is -2.36. The summed E-state index contributed by atoms with van der Waals surface area (Å²) >= 11 is 6.10. The number of benzene rings is 2. The van der Waals surface area contributed by atoms with Gasteiger partial charge in [-0.05, 0) is 79.5 Å². The average Bonchev–Trinajstić information content (AvgIpc) is 3.09. The molecule has 2 aromatic carbocycles. The van der Waals surface area contributed by atoms with Crippen LogP contribution in [0.3, 0.4) is 0 Å². The van der Waals surface area contributed by atoms with Crippen molar-refractivity contribution in [3.8, 4) is 0 Å². The van der Waals surface area contributed by atoms with E-state index in [1.165, 1.54) is 17.5 Å². The first-order valence-corrected chi connectivity index (χ1v) is 11.8. The molecule has 2 aromatic rings. The number of halogens is 1. The third-order valence-electron chi connectivity index (χ3n) is 6.08. The minimum atomic E-state index is -3.52.